The summed E-state index contributed by atoms with van der Waals surface area (Å²) in [6, 6.07) is 6.84. The Hall–Kier alpha value is -2.13. The lowest BCUT2D eigenvalue weighted by Gasteiger charge is -2.30. The van der Waals surface area contributed by atoms with Gasteiger partial charge in [-0.25, -0.2) is 12.7 Å². The molecular weight excluding hydrogens is 360 g/mol. The van der Waals surface area contributed by atoms with Crippen molar-refractivity contribution in [1.29, 1.82) is 0 Å². The van der Waals surface area contributed by atoms with E-state index >= 15 is 0 Å². The second-order valence-corrected chi connectivity index (χ2v) is 8.59. The Morgan fingerprint density at radius 3 is 2.69 bits per heavy atom. The van der Waals surface area contributed by atoms with Gasteiger partial charge in [-0.05, 0) is 31.0 Å². The lowest BCUT2D eigenvalue weighted by Crippen LogP contribution is -2.46. The maximum Gasteiger partial charge on any atom is 0.306 e. The first-order valence-corrected chi connectivity index (χ1v) is 9.92. The van der Waals surface area contributed by atoms with Crippen LogP contribution in [0.5, 0.6) is 5.75 Å². The molecule has 1 aromatic carbocycles. The highest BCUT2D eigenvalue weighted by Crippen LogP contribution is 2.28. The van der Waals surface area contributed by atoms with Gasteiger partial charge in [0.15, 0.2) is 0 Å². The largest absolute Gasteiger partial charge is 0.497 e. The van der Waals surface area contributed by atoms with Gasteiger partial charge in [0.25, 0.3) is 0 Å². The molecule has 1 heterocycles. The van der Waals surface area contributed by atoms with Crippen LogP contribution < -0.4 is 10.1 Å². The summed E-state index contributed by atoms with van der Waals surface area (Å²) in [5, 5.41) is 12.0. The number of methoxy groups -OCH3 is 1. The summed E-state index contributed by atoms with van der Waals surface area (Å²) < 4.78 is 30.1. The quantitative estimate of drug-likeness (QED) is 0.689. The SMILES string of the molecule is COc1cccc(C(C)(CC(=O)O)NC(=O)CCN2CCCS2(=O)=O)c1. The fourth-order valence-electron chi connectivity index (χ4n) is 3.03. The number of rotatable bonds is 8. The second-order valence-electron chi connectivity index (χ2n) is 6.50. The number of carboxylic acid groups (broad SMARTS) is 1. The highest BCUT2D eigenvalue weighted by Gasteiger charge is 2.33. The molecule has 0 saturated carbocycles. The van der Waals surface area contributed by atoms with E-state index in [0.29, 0.717) is 24.3 Å². The molecule has 0 bridgehead atoms. The number of aliphatic carboxylic acids is 1. The molecule has 1 unspecified atom stereocenters. The molecule has 9 heteroatoms. The van der Waals surface area contributed by atoms with Crippen LogP contribution >= 0.6 is 0 Å². The van der Waals surface area contributed by atoms with Crippen LogP contribution in [0.4, 0.5) is 0 Å². The topological polar surface area (TPSA) is 113 Å². The molecule has 1 aliphatic rings. The Labute approximate surface area is 153 Å². The van der Waals surface area contributed by atoms with Crippen LogP contribution in [0, 0.1) is 0 Å². The molecule has 26 heavy (non-hydrogen) atoms. The van der Waals surface area contributed by atoms with Crippen molar-refractivity contribution < 1.29 is 27.9 Å². The first kappa shape index (κ1) is 20.2. The molecule has 2 rings (SSSR count). The number of nitrogens with zero attached hydrogens (tertiary/aromatic N) is 1. The summed E-state index contributed by atoms with van der Waals surface area (Å²) in [6.45, 7) is 2.13. The minimum absolute atomic E-state index is 0.0294. The van der Waals surface area contributed by atoms with E-state index in [1.165, 1.54) is 11.4 Å². The standard InChI is InChI=1S/C17H24N2O6S/c1-17(12-16(21)22,13-5-3-6-14(11-13)25-2)18-15(20)7-9-19-8-4-10-26(19,23)24/h3,5-6,11H,4,7-10,12H2,1-2H3,(H,18,20)(H,21,22). The van der Waals surface area contributed by atoms with Gasteiger partial charge in [-0.3, -0.25) is 9.59 Å². The third-order valence-corrected chi connectivity index (χ3v) is 6.37. The molecule has 1 atom stereocenters. The van der Waals surface area contributed by atoms with E-state index in [2.05, 4.69) is 5.32 Å². The van der Waals surface area contributed by atoms with Crippen LogP contribution in [0.25, 0.3) is 0 Å². The Bertz CT molecular complexity index is 779. The van der Waals surface area contributed by atoms with Crippen LogP contribution in [0.1, 0.15) is 31.7 Å². The van der Waals surface area contributed by atoms with Crippen molar-refractivity contribution in [2.24, 2.45) is 0 Å². The van der Waals surface area contributed by atoms with Gasteiger partial charge in [0.1, 0.15) is 5.75 Å². The number of amides is 1. The number of hydrogen-bond donors (Lipinski definition) is 2. The van der Waals surface area contributed by atoms with Gasteiger partial charge in [0.2, 0.25) is 15.9 Å². The molecule has 1 amide bonds. The Kier molecular flexibility index (Phi) is 6.25. The number of benzene rings is 1. The lowest BCUT2D eigenvalue weighted by atomic mass is 9.88. The predicted molar refractivity (Wildman–Crippen MR) is 95.3 cm³/mol. The zero-order chi connectivity index (χ0) is 19.4. The van der Waals surface area contributed by atoms with Gasteiger partial charge < -0.3 is 15.2 Å². The van der Waals surface area contributed by atoms with E-state index in [1.54, 1.807) is 31.2 Å². The maximum absolute atomic E-state index is 12.4. The number of ether oxygens (including phenoxy) is 1. The van der Waals surface area contributed by atoms with Crippen LogP contribution in [0.2, 0.25) is 0 Å². The molecular formula is C17H24N2O6S. The van der Waals surface area contributed by atoms with E-state index in [1.807, 2.05) is 0 Å². The van der Waals surface area contributed by atoms with Crippen molar-refractivity contribution >= 4 is 21.9 Å². The van der Waals surface area contributed by atoms with E-state index in [-0.39, 0.29) is 25.1 Å². The molecule has 1 saturated heterocycles. The third kappa shape index (κ3) is 4.95. The number of sulfonamides is 1. The zero-order valence-electron chi connectivity index (χ0n) is 14.9. The van der Waals surface area contributed by atoms with Crippen LogP contribution in [-0.2, 0) is 25.2 Å². The van der Waals surface area contributed by atoms with E-state index in [4.69, 9.17) is 4.74 Å². The summed E-state index contributed by atoms with van der Waals surface area (Å²) in [5.74, 6) is -0.803. The van der Waals surface area contributed by atoms with Crippen LogP contribution in [0.15, 0.2) is 24.3 Å². The van der Waals surface area contributed by atoms with Gasteiger partial charge in [-0.1, -0.05) is 12.1 Å². The van der Waals surface area contributed by atoms with Crippen LogP contribution in [0.3, 0.4) is 0 Å². The van der Waals surface area contributed by atoms with Crippen LogP contribution in [-0.4, -0.2) is 55.7 Å². The van der Waals surface area contributed by atoms with Crippen molar-refractivity contribution in [2.45, 2.75) is 31.7 Å². The van der Waals surface area contributed by atoms with E-state index in [9.17, 15) is 23.1 Å². The van der Waals surface area contributed by atoms with Crippen molar-refractivity contribution in [3.8, 4) is 5.75 Å². The van der Waals surface area contributed by atoms with Gasteiger partial charge in [-0.15, -0.1) is 0 Å². The molecule has 0 aromatic heterocycles. The predicted octanol–water partition coefficient (Wildman–Crippen LogP) is 0.927. The number of carboxylic acids is 1. The normalized spacial score (nSPS) is 18.8. The Morgan fingerprint density at radius 1 is 1.38 bits per heavy atom. The minimum Gasteiger partial charge on any atom is -0.497 e. The van der Waals surface area contributed by atoms with E-state index < -0.39 is 27.4 Å². The molecule has 0 radical (unpaired) electrons. The molecule has 8 nitrogen and oxygen atoms in total. The van der Waals surface area contributed by atoms with Gasteiger partial charge in [-0.2, -0.15) is 0 Å². The summed E-state index contributed by atoms with van der Waals surface area (Å²) >= 11 is 0. The summed E-state index contributed by atoms with van der Waals surface area (Å²) in [7, 11) is -1.76. The molecule has 1 aromatic rings. The first-order valence-electron chi connectivity index (χ1n) is 8.31. The number of hydrogen-bond acceptors (Lipinski definition) is 5. The number of carbonyl (C=O) groups excluding carboxylic acids is 1. The zero-order valence-corrected chi connectivity index (χ0v) is 15.7. The molecule has 0 spiro atoms. The third-order valence-electron chi connectivity index (χ3n) is 4.42. The van der Waals surface area contributed by atoms with Crippen molar-refractivity contribution in [1.82, 2.24) is 9.62 Å². The average molecular weight is 384 g/mol. The van der Waals surface area contributed by atoms with Gasteiger partial charge in [0, 0.05) is 19.5 Å². The second kappa shape index (κ2) is 8.05. The fraction of sp³-hybridized carbons (Fsp3) is 0.529. The highest BCUT2D eigenvalue weighted by atomic mass is 32.2. The maximum atomic E-state index is 12.4. The smallest absolute Gasteiger partial charge is 0.306 e. The summed E-state index contributed by atoms with van der Waals surface area (Å²) in [6.07, 6.45) is 0.219. The lowest BCUT2D eigenvalue weighted by molar-refractivity contribution is -0.139. The molecule has 1 aliphatic heterocycles. The summed E-state index contributed by atoms with van der Waals surface area (Å²) in [5.41, 5.74) is -0.539. The number of carbonyl (C=O) groups is 2. The fourth-order valence-corrected chi connectivity index (χ4v) is 4.55. The average Bonchev–Trinajstić information content (AvgIpc) is 2.90. The molecule has 1 fully saturated rings. The van der Waals surface area contributed by atoms with Crippen molar-refractivity contribution in [3.63, 3.8) is 0 Å². The van der Waals surface area contributed by atoms with Crippen molar-refractivity contribution in [2.75, 3.05) is 26.0 Å². The van der Waals surface area contributed by atoms with Gasteiger partial charge >= 0.3 is 5.97 Å². The first-order chi connectivity index (χ1) is 12.2. The molecule has 0 aliphatic carbocycles. The minimum atomic E-state index is -3.26. The number of nitrogens with one attached hydrogen (secondary N) is 1. The summed E-state index contributed by atoms with van der Waals surface area (Å²) in [4.78, 5) is 23.7. The molecule has 144 valence electrons. The Balaban J connectivity index is 2.11. The van der Waals surface area contributed by atoms with E-state index in [0.717, 1.165) is 0 Å². The molecule has 2 N–H and O–H groups in total. The Morgan fingerprint density at radius 2 is 2.12 bits per heavy atom. The van der Waals surface area contributed by atoms with Crippen molar-refractivity contribution in [3.05, 3.63) is 29.8 Å². The monoisotopic (exact) mass is 384 g/mol. The highest BCUT2D eigenvalue weighted by molar-refractivity contribution is 7.89. The van der Waals surface area contributed by atoms with Gasteiger partial charge in [0.05, 0.1) is 24.8 Å².